The molecule has 1 atom stereocenters. The van der Waals surface area contributed by atoms with Crippen LogP contribution in [0.5, 0.6) is 0 Å². The van der Waals surface area contributed by atoms with Crippen LogP contribution in [-0.2, 0) is 10.3 Å². The molecule has 1 aliphatic rings. The molecular weight excluding hydrogens is 304 g/mol. The Morgan fingerprint density at radius 1 is 1.32 bits per heavy atom. The SMILES string of the molecule is CN(C(=O)C(C)(N)c1ccc(Br)cc1)C1CCCC1. The van der Waals surface area contributed by atoms with Gasteiger partial charge in [-0.3, -0.25) is 4.79 Å². The average Bonchev–Trinajstić information content (AvgIpc) is 2.91. The molecule has 1 aromatic carbocycles. The van der Waals surface area contributed by atoms with Crippen molar-refractivity contribution in [2.45, 2.75) is 44.2 Å². The maximum absolute atomic E-state index is 12.6. The lowest BCUT2D eigenvalue weighted by atomic mass is 9.91. The fraction of sp³-hybridized carbons (Fsp3) is 0.533. The van der Waals surface area contributed by atoms with Crippen LogP contribution in [0.2, 0.25) is 0 Å². The first kappa shape index (κ1) is 14.5. The number of carbonyl (C=O) groups is 1. The third-order valence-electron chi connectivity index (χ3n) is 4.08. The van der Waals surface area contributed by atoms with Crippen LogP contribution in [-0.4, -0.2) is 23.9 Å². The van der Waals surface area contributed by atoms with Gasteiger partial charge in [-0.15, -0.1) is 0 Å². The lowest BCUT2D eigenvalue weighted by Crippen LogP contribution is -2.52. The molecule has 0 radical (unpaired) electrons. The van der Waals surface area contributed by atoms with E-state index in [0.29, 0.717) is 6.04 Å². The minimum atomic E-state index is -0.960. The molecule has 19 heavy (non-hydrogen) atoms. The van der Waals surface area contributed by atoms with Gasteiger partial charge >= 0.3 is 0 Å². The van der Waals surface area contributed by atoms with Gasteiger partial charge in [-0.2, -0.15) is 0 Å². The summed E-state index contributed by atoms with van der Waals surface area (Å²) in [6.07, 6.45) is 4.61. The molecule has 1 amide bonds. The number of benzene rings is 1. The Labute approximate surface area is 123 Å². The fourth-order valence-corrected chi connectivity index (χ4v) is 3.01. The summed E-state index contributed by atoms with van der Waals surface area (Å²) in [5.41, 5.74) is 6.19. The van der Waals surface area contributed by atoms with Gasteiger partial charge in [0.05, 0.1) is 0 Å². The van der Waals surface area contributed by atoms with Crippen LogP contribution >= 0.6 is 15.9 Å². The van der Waals surface area contributed by atoms with E-state index in [1.807, 2.05) is 36.2 Å². The minimum Gasteiger partial charge on any atom is -0.341 e. The third kappa shape index (κ3) is 3.00. The monoisotopic (exact) mass is 324 g/mol. The molecule has 0 heterocycles. The number of likely N-dealkylation sites (N-methyl/N-ethyl adjacent to an activating group) is 1. The molecule has 2 rings (SSSR count). The quantitative estimate of drug-likeness (QED) is 0.928. The molecule has 1 aromatic rings. The first-order chi connectivity index (χ1) is 8.93. The Balaban J connectivity index is 2.18. The van der Waals surface area contributed by atoms with E-state index in [1.165, 1.54) is 12.8 Å². The van der Waals surface area contributed by atoms with Gasteiger partial charge < -0.3 is 10.6 Å². The normalized spacial score (nSPS) is 19.2. The van der Waals surface area contributed by atoms with E-state index >= 15 is 0 Å². The van der Waals surface area contributed by atoms with Crippen LogP contribution in [0.1, 0.15) is 38.2 Å². The first-order valence-corrected chi connectivity index (χ1v) is 7.54. The molecule has 0 saturated heterocycles. The van der Waals surface area contributed by atoms with Gasteiger partial charge in [0.15, 0.2) is 0 Å². The second-order valence-corrected chi connectivity index (χ2v) is 6.48. The van der Waals surface area contributed by atoms with Crippen molar-refractivity contribution in [3.63, 3.8) is 0 Å². The lowest BCUT2D eigenvalue weighted by Gasteiger charge is -2.33. The first-order valence-electron chi connectivity index (χ1n) is 6.75. The number of halogens is 1. The summed E-state index contributed by atoms with van der Waals surface area (Å²) < 4.78 is 0.989. The standard InChI is InChI=1S/C15H21BrN2O/c1-15(17,11-7-9-12(16)10-8-11)14(19)18(2)13-5-3-4-6-13/h7-10,13H,3-6,17H2,1-2H3. The zero-order valence-corrected chi connectivity index (χ0v) is 13.1. The van der Waals surface area contributed by atoms with Gasteiger partial charge in [-0.05, 0) is 37.5 Å². The number of nitrogens with zero attached hydrogens (tertiary/aromatic N) is 1. The summed E-state index contributed by atoms with van der Waals surface area (Å²) in [5, 5.41) is 0. The molecule has 0 bridgehead atoms. The zero-order valence-electron chi connectivity index (χ0n) is 11.5. The molecule has 0 aromatic heterocycles. The molecule has 1 saturated carbocycles. The number of hydrogen-bond donors (Lipinski definition) is 1. The van der Waals surface area contributed by atoms with Gasteiger partial charge in [0, 0.05) is 17.6 Å². The summed E-state index contributed by atoms with van der Waals surface area (Å²) in [6.45, 7) is 1.80. The number of nitrogens with two attached hydrogens (primary N) is 1. The highest BCUT2D eigenvalue weighted by Gasteiger charge is 2.36. The molecular formula is C15H21BrN2O. The van der Waals surface area contributed by atoms with Crippen LogP contribution in [0.15, 0.2) is 28.7 Å². The Hall–Kier alpha value is -0.870. The smallest absolute Gasteiger partial charge is 0.246 e. The number of carbonyl (C=O) groups excluding carboxylic acids is 1. The van der Waals surface area contributed by atoms with Gasteiger partial charge in [-0.1, -0.05) is 40.9 Å². The third-order valence-corrected chi connectivity index (χ3v) is 4.61. The molecule has 3 nitrogen and oxygen atoms in total. The number of rotatable bonds is 3. The fourth-order valence-electron chi connectivity index (χ4n) is 2.74. The Bertz CT molecular complexity index is 450. The molecule has 1 aliphatic carbocycles. The van der Waals surface area contributed by atoms with Crippen molar-refractivity contribution in [2.24, 2.45) is 5.73 Å². The molecule has 0 aliphatic heterocycles. The molecule has 104 valence electrons. The number of hydrogen-bond acceptors (Lipinski definition) is 2. The van der Waals surface area contributed by atoms with E-state index in [-0.39, 0.29) is 5.91 Å². The average molecular weight is 325 g/mol. The predicted octanol–water partition coefficient (Wildman–Crippen LogP) is 3.02. The summed E-state index contributed by atoms with van der Waals surface area (Å²) in [4.78, 5) is 14.5. The highest BCUT2D eigenvalue weighted by atomic mass is 79.9. The second kappa shape index (κ2) is 5.63. The predicted molar refractivity (Wildman–Crippen MR) is 80.7 cm³/mol. The Kier molecular flexibility index (Phi) is 4.31. The highest BCUT2D eigenvalue weighted by Crippen LogP contribution is 2.27. The van der Waals surface area contributed by atoms with Crippen molar-refractivity contribution in [2.75, 3.05) is 7.05 Å². The van der Waals surface area contributed by atoms with E-state index in [1.54, 1.807) is 6.92 Å². The van der Waals surface area contributed by atoms with Crippen molar-refractivity contribution in [3.8, 4) is 0 Å². The Morgan fingerprint density at radius 2 is 1.84 bits per heavy atom. The van der Waals surface area contributed by atoms with E-state index < -0.39 is 5.54 Å². The summed E-state index contributed by atoms with van der Waals surface area (Å²) in [6, 6.07) is 8.01. The summed E-state index contributed by atoms with van der Waals surface area (Å²) >= 11 is 3.40. The highest BCUT2D eigenvalue weighted by molar-refractivity contribution is 9.10. The molecule has 1 unspecified atom stereocenters. The Morgan fingerprint density at radius 3 is 2.37 bits per heavy atom. The van der Waals surface area contributed by atoms with Crippen molar-refractivity contribution in [1.82, 2.24) is 4.90 Å². The van der Waals surface area contributed by atoms with Crippen LogP contribution in [0.4, 0.5) is 0 Å². The zero-order chi connectivity index (χ0) is 14.0. The lowest BCUT2D eigenvalue weighted by molar-refractivity contribution is -0.137. The summed E-state index contributed by atoms with van der Waals surface area (Å²) in [5.74, 6) is 0.00159. The molecule has 1 fully saturated rings. The van der Waals surface area contributed by atoms with Crippen molar-refractivity contribution in [3.05, 3.63) is 34.3 Å². The van der Waals surface area contributed by atoms with Gasteiger partial charge in [0.2, 0.25) is 5.91 Å². The second-order valence-electron chi connectivity index (χ2n) is 5.56. The molecule has 2 N–H and O–H groups in total. The van der Waals surface area contributed by atoms with Crippen LogP contribution < -0.4 is 5.73 Å². The van der Waals surface area contributed by atoms with E-state index in [4.69, 9.17) is 5.73 Å². The maximum Gasteiger partial charge on any atom is 0.246 e. The molecule has 4 heteroatoms. The largest absolute Gasteiger partial charge is 0.341 e. The topological polar surface area (TPSA) is 46.3 Å². The van der Waals surface area contributed by atoms with Gasteiger partial charge in [0.1, 0.15) is 5.54 Å². The molecule has 0 spiro atoms. The van der Waals surface area contributed by atoms with Crippen molar-refractivity contribution in [1.29, 1.82) is 0 Å². The van der Waals surface area contributed by atoms with Crippen molar-refractivity contribution >= 4 is 21.8 Å². The summed E-state index contributed by atoms with van der Waals surface area (Å²) in [7, 11) is 1.88. The van der Waals surface area contributed by atoms with Crippen molar-refractivity contribution < 1.29 is 4.79 Å². The van der Waals surface area contributed by atoms with Crippen LogP contribution in [0, 0.1) is 0 Å². The van der Waals surface area contributed by atoms with Crippen LogP contribution in [0.25, 0.3) is 0 Å². The van der Waals surface area contributed by atoms with E-state index in [2.05, 4.69) is 15.9 Å². The van der Waals surface area contributed by atoms with Gasteiger partial charge in [0.25, 0.3) is 0 Å². The van der Waals surface area contributed by atoms with Gasteiger partial charge in [-0.25, -0.2) is 0 Å². The van der Waals surface area contributed by atoms with E-state index in [0.717, 1.165) is 22.9 Å². The maximum atomic E-state index is 12.6. The van der Waals surface area contributed by atoms with E-state index in [9.17, 15) is 4.79 Å². The minimum absolute atomic E-state index is 0.00159. The van der Waals surface area contributed by atoms with Crippen LogP contribution in [0.3, 0.4) is 0 Å². The number of amides is 1.